The van der Waals surface area contributed by atoms with Gasteiger partial charge in [-0.3, -0.25) is 0 Å². The van der Waals surface area contributed by atoms with Gasteiger partial charge in [0.05, 0.1) is 0 Å². The molecule has 0 nitrogen and oxygen atoms in total. The van der Waals surface area contributed by atoms with E-state index in [0.29, 0.717) is 16.2 Å². The van der Waals surface area contributed by atoms with E-state index in [1.807, 2.05) is 13.8 Å². The first-order valence-electron chi connectivity index (χ1n) is 6.69. The molecule has 15 heavy (non-hydrogen) atoms. The molecule has 0 amide bonds. The Morgan fingerprint density at radius 1 is 0.800 bits per heavy atom. The maximum atomic E-state index is 2.48. The molecule has 2 rings (SSSR count). The van der Waals surface area contributed by atoms with Gasteiger partial charge in [-0.1, -0.05) is 55.4 Å². The first-order valence-corrected chi connectivity index (χ1v) is 6.69. The van der Waals surface area contributed by atoms with Gasteiger partial charge in [0, 0.05) is 0 Å². The van der Waals surface area contributed by atoms with Crippen LogP contribution in [0, 0.1) is 28.1 Å². The minimum Gasteiger partial charge on any atom is -0.0683 e. The van der Waals surface area contributed by atoms with E-state index >= 15 is 0 Å². The highest BCUT2D eigenvalue weighted by atomic mass is 14.7. The average molecular weight is 210 g/mol. The van der Waals surface area contributed by atoms with E-state index in [1.165, 1.54) is 12.8 Å². The third kappa shape index (κ3) is 1.56. The molecule has 0 N–H and O–H groups in total. The third-order valence-electron chi connectivity index (χ3n) is 5.79. The Morgan fingerprint density at radius 2 is 1.27 bits per heavy atom. The van der Waals surface area contributed by atoms with Crippen molar-refractivity contribution in [3.8, 4) is 0 Å². The quantitative estimate of drug-likeness (QED) is 0.520. The van der Waals surface area contributed by atoms with Gasteiger partial charge in [-0.05, 0) is 40.9 Å². The molecule has 0 aromatic rings. The van der Waals surface area contributed by atoms with Gasteiger partial charge in [0.1, 0.15) is 0 Å². The van der Waals surface area contributed by atoms with E-state index in [1.54, 1.807) is 0 Å². The fourth-order valence-electron chi connectivity index (χ4n) is 4.26. The second-order valence-electron chi connectivity index (χ2n) is 7.12. The lowest BCUT2D eigenvalue weighted by atomic mass is 9.53. The van der Waals surface area contributed by atoms with Gasteiger partial charge in [-0.2, -0.15) is 0 Å². The molecule has 2 atom stereocenters. The van der Waals surface area contributed by atoms with Crippen LogP contribution in [0.5, 0.6) is 0 Å². The van der Waals surface area contributed by atoms with E-state index in [-0.39, 0.29) is 0 Å². The lowest BCUT2D eigenvalue weighted by Gasteiger charge is -2.51. The van der Waals surface area contributed by atoms with Crippen LogP contribution in [0.15, 0.2) is 0 Å². The molecule has 2 unspecified atom stereocenters. The van der Waals surface area contributed by atoms with E-state index in [0.717, 1.165) is 11.8 Å². The van der Waals surface area contributed by atoms with Crippen molar-refractivity contribution in [1.29, 1.82) is 0 Å². The minimum absolute atomic E-state index is 0.541. The van der Waals surface area contributed by atoms with E-state index < -0.39 is 0 Å². The summed E-state index contributed by atoms with van der Waals surface area (Å²) < 4.78 is 0. The second kappa shape index (κ2) is 3.50. The molecule has 2 bridgehead atoms. The summed E-state index contributed by atoms with van der Waals surface area (Å²) in [4.78, 5) is 0. The standard InChI is InChI=1S/C13H24.C2H6/c1-11(2)8-9-7-10(11)13(5,6)12(9,3)4;1-2/h9-10H,7-8H2,1-6H3;1-2H3. The third-order valence-corrected chi connectivity index (χ3v) is 5.79. The van der Waals surface area contributed by atoms with Gasteiger partial charge >= 0.3 is 0 Å². The second-order valence-corrected chi connectivity index (χ2v) is 7.12. The molecule has 0 aromatic heterocycles. The maximum Gasteiger partial charge on any atom is -0.0267 e. The minimum atomic E-state index is 0.541. The van der Waals surface area contributed by atoms with Crippen LogP contribution in [0.4, 0.5) is 0 Å². The molecule has 0 heteroatoms. The number of rotatable bonds is 0. The lowest BCUT2D eigenvalue weighted by molar-refractivity contribution is -0.0282. The lowest BCUT2D eigenvalue weighted by Crippen LogP contribution is -2.44. The zero-order valence-electron chi connectivity index (χ0n) is 12.1. The fourth-order valence-corrected chi connectivity index (χ4v) is 4.26. The van der Waals surface area contributed by atoms with Crippen LogP contribution in [0.2, 0.25) is 0 Å². The Bertz CT molecular complexity index is 232. The molecular formula is C15H30. The number of fused-ring (bicyclic) bond motifs is 2. The summed E-state index contributed by atoms with van der Waals surface area (Å²) in [6.45, 7) is 18.9. The van der Waals surface area contributed by atoms with Crippen LogP contribution in [0.25, 0.3) is 0 Å². The molecule has 2 aliphatic carbocycles. The van der Waals surface area contributed by atoms with Crippen LogP contribution in [0.3, 0.4) is 0 Å². The van der Waals surface area contributed by atoms with E-state index in [2.05, 4.69) is 41.5 Å². The smallest absolute Gasteiger partial charge is 0.0267 e. The summed E-state index contributed by atoms with van der Waals surface area (Å²) >= 11 is 0. The predicted octanol–water partition coefficient (Wildman–Crippen LogP) is 5.13. The summed E-state index contributed by atoms with van der Waals surface area (Å²) in [5.74, 6) is 1.92. The first kappa shape index (κ1) is 13.1. The van der Waals surface area contributed by atoms with Gasteiger partial charge in [-0.25, -0.2) is 0 Å². The van der Waals surface area contributed by atoms with Crippen LogP contribution >= 0.6 is 0 Å². The molecule has 0 aliphatic heterocycles. The molecule has 0 radical (unpaired) electrons. The Hall–Kier alpha value is 0. The monoisotopic (exact) mass is 210 g/mol. The topological polar surface area (TPSA) is 0 Å². The fraction of sp³-hybridized carbons (Fsp3) is 1.00. The Kier molecular flexibility index (Phi) is 3.05. The summed E-state index contributed by atoms with van der Waals surface area (Å²) in [5.41, 5.74) is 1.70. The van der Waals surface area contributed by atoms with Crippen LogP contribution in [-0.4, -0.2) is 0 Å². The van der Waals surface area contributed by atoms with Crippen molar-refractivity contribution in [2.24, 2.45) is 28.1 Å². The molecule has 0 saturated heterocycles. The van der Waals surface area contributed by atoms with Crippen molar-refractivity contribution >= 4 is 0 Å². The molecular weight excluding hydrogens is 180 g/mol. The molecule has 2 aliphatic rings. The molecule has 2 saturated carbocycles. The van der Waals surface area contributed by atoms with E-state index in [4.69, 9.17) is 0 Å². The van der Waals surface area contributed by atoms with Crippen molar-refractivity contribution in [2.45, 2.75) is 68.2 Å². The summed E-state index contributed by atoms with van der Waals surface area (Å²) in [6.07, 6.45) is 2.93. The van der Waals surface area contributed by atoms with Crippen molar-refractivity contribution in [2.75, 3.05) is 0 Å². The zero-order chi connectivity index (χ0) is 12.1. The Balaban J connectivity index is 0.000000531. The van der Waals surface area contributed by atoms with Gasteiger partial charge in [0.25, 0.3) is 0 Å². The van der Waals surface area contributed by atoms with Crippen molar-refractivity contribution in [3.05, 3.63) is 0 Å². The van der Waals surface area contributed by atoms with Gasteiger partial charge in [0.2, 0.25) is 0 Å². The SMILES string of the molecule is CC.CC1(C)CC2CC1C(C)(C)C2(C)C. The molecule has 0 heterocycles. The average Bonchev–Trinajstić information content (AvgIpc) is 2.51. The summed E-state index contributed by atoms with van der Waals surface area (Å²) in [7, 11) is 0. The Morgan fingerprint density at radius 3 is 1.53 bits per heavy atom. The summed E-state index contributed by atoms with van der Waals surface area (Å²) in [5, 5.41) is 0. The van der Waals surface area contributed by atoms with Crippen LogP contribution < -0.4 is 0 Å². The van der Waals surface area contributed by atoms with Crippen molar-refractivity contribution in [3.63, 3.8) is 0 Å². The largest absolute Gasteiger partial charge is 0.0683 e. The van der Waals surface area contributed by atoms with Crippen LogP contribution in [0.1, 0.15) is 68.2 Å². The van der Waals surface area contributed by atoms with Gasteiger partial charge in [-0.15, -0.1) is 0 Å². The van der Waals surface area contributed by atoms with Gasteiger partial charge < -0.3 is 0 Å². The van der Waals surface area contributed by atoms with Crippen LogP contribution in [-0.2, 0) is 0 Å². The normalized spacial score (nSPS) is 38.4. The molecule has 90 valence electrons. The molecule has 0 spiro atoms. The van der Waals surface area contributed by atoms with Crippen molar-refractivity contribution < 1.29 is 0 Å². The van der Waals surface area contributed by atoms with Gasteiger partial charge in [0.15, 0.2) is 0 Å². The number of hydrogen-bond donors (Lipinski definition) is 0. The predicted molar refractivity (Wildman–Crippen MR) is 68.9 cm³/mol. The maximum absolute atomic E-state index is 2.48. The first-order chi connectivity index (χ1) is 6.69. The highest BCUT2D eigenvalue weighted by molar-refractivity contribution is 5.12. The molecule has 0 aromatic carbocycles. The summed E-state index contributed by atoms with van der Waals surface area (Å²) in [6, 6.07) is 0. The Labute approximate surface area is 96.8 Å². The molecule has 2 fully saturated rings. The number of hydrogen-bond acceptors (Lipinski definition) is 0. The van der Waals surface area contributed by atoms with Crippen molar-refractivity contribution in [1.82, 2.24) is 0 Å². The van der Waals surface area contributed by atoms with E-state index in [9.17, 15) is 0 Å². The zero-order valence-corrected chi connectivity index (χ0v) is 12.1. The highest BCUT2D eigenvalue weighted by Gasteiger charge is 2.63. The highest BCUT2D eigenvalue weighted by Crippen LogP contribution is 2.71.